The Morgan fingerprint density at radius 3 is 2.55 bits per heavy atom. The third-order valence-electron chi connectivity index (χ3n) is 6.82. The summed E-state index contributed by atoms with van der Waals surface area (Å²) in [4.78, 5) is 7.45. The van der Waals surface area contributed by atoms with Crippen molar-refractivity contribution in [1.29, 1.82) is 0 Å². The minimum atomic E-state index is 0.333. The van der Waals surface area contributed by atoms with E-state index in [2.05, 4.69) is 79.6 Å². The third-order valence-corrected chi connectivity index (χ3v) is 6.82. The maximum absolute atomic E-state index is 4.99. The lowest BCUT2D eigenvalue weighted by Crippen LogP contribution is -2.48. The number of aromatic nitrogens is 6. The predicted octanol–water partition coefficient (Wildman–Crippen LogP) is 3.75. The maximum Gasteiger partial charge on any atom is 0.205 e. The Labute approximate surface area is 193 Å². The van der Waals surface area contributed by atoms with Crippen molar-refractivity contribution in [2.75, 3.05) is 11.4 Å². The highest BCUT2D eigenvalue weighted by molar-refractivity contribution is 5.80. The van der Waals surface area contributed by atoms with Gasteiger partial charge < -0.3 is 9.47 Å². The lowest BCUT2D eigenvalue weighted by atomic mass is 9.98. The molecule has 0 saturated heterocycles. The largest absolute Gasteiger partial charge is 0.340 e. The standard InChI is InChI=1S/C25H28N8/c1-16-26-13-23-25(33(16)15-18-7-8-18)27-17(2)32(23)14-19-9-11-20(12-10-19)21-5-3-4-6-22(21)24-28-30-31-29-24/h3-6,9-12,16,18,26H,7-8,13-15H2,1-2H3,(H,28,29,30,31). The molecule has 1 fully saturated rings. The van der Waals surface area contributed by atoms with Crippen molar-refractivity contribution in [3.05, 3.63) is 65.6 Å². The minimum absolute atomic E-state index is 0.333. The van der Waals surface area contributed by atoms with Gasteiger partial charge >= 0.3 is 0 Å². The van der Waals surface area contributed by atoms with Crippen LogP contribution in [0, 0.1) is 12.8 Å². The molecule has 4 aromatic rings. The molecule has 168 valence electrons. The summed E-state index contributed by atoms with van der Waals surface area (Å²) in [5.41, 5.74) is 5.74. The SMILES string of the molecule is Cc1nc2c(n1Cc1ccc(-c3ccccc3-c3nn[nH]n3)cc1)CNC(C)N2CC1CC1. The Morgan fingerprint density at radius 1 is 1.03 bits per heavy atom. The van der Waals surface area contributed by atoms with Gasteiger partial charge in [0.2, 0.25) is 5.82 Å². The first kappa shape index (κ1) is 20.1. The number of tetrazole rings is 1. The van der Waals surface area contributed by atoms with Crippen molar-refractivity contribution < 1.29 is 0 Å². The molecule has 8 heteroatoms. The molecular formula is C25H28N8. The fourth-order valence-electron chi connectivity index (χ4n) is 4.75. The van der Waals surface area contributed by atoms with E-state index in [1.54, 1.807) is 0 Å². The quantitative estimate of drug-likeness (QED) is 0.475. The summed E-state index contributed by atoms with van der Waals surface area (Å²) in [6.45, 7) is 7.13. The Kier molecular flexibility index (Phi) is 4.95. The second-order valence-electron chi connectivity index (χ2n) is 9.15. The first-order valence-corrected chi connectivity index (χ1v) is 11.7. The fourth-order valence-corrected chi connectivity index (χ4v) is 4.75. The van der Waals surface area contributed by atoms with E-state index in [1.807, 2.05) is 18.2 Å². The number of nitrogens with zero attached hydrogens (tertiary/aromatic N) is 6. The molecule has 2 N–H and O–H groups in total. The van der Waals surface area contributed by atoms with Crippen LogP contribution in [0.25, 0.3) is 22.5 Å². The first-order chi connectivity index (χ1) is 16.2. The summed E-state index contributed by atoms with van der Waals surface area (Å²) < 4.78 is 2.36. The van der Waals surface area contributed by atoms with Crippen LogP contribution in [0.15, 0.2) is 48.5 Å². The fraction of sp³-hybridized carbons (Fsp3) is 0.360. The van der Waals surface area contributed by atoms with Gasteiger partial charge in [-0.3, -0.25) is 5.32 Å². The normalized spacial score (nSPS) is 17.9. The molecule has 33 heavy (non-hydrogen) atoms. The van der Waals surface area contributed by atoms with Gasteiger partial charge in [0.25, 0.3) is 0 Å². The molecule has 0 bridgehead atoms. The van der Waals surface area contributed by atoms with Crippen molar-refractivity contribution in [3.63, 3.8) is 0 Å². The lowest BCUT2D eigenvalue weighted by Gasteiger charge is -2.35. The van der Waals surface area contributed by atoms with Crippen LogP contribution in [0.4, 0.5) is 5.82 Å². The number of hydrogen-bond donors (Lipinski definition) is 2. The van der Waals surface area contributed by atoms with Crippen LogP contribution >= 0.6 is 0 Å². The van der Waals surface area contributed by atoms with E-state index in [4.69, 9.17) is 4.98 Å². The number of aromatic amines is 1. The average molecular weight is 441 g/mol. The number of benzene rings is 2. The number of rotatable bonds is 6. The van der Waals surface area contributed by atoms with Gasteiger partial charge in [-0.1, -0.05) is 48.5 Å². The van der Waals surface area contributed by atoms with Gasteiger partial charge in [-0.15, -0.1) is 10.2 Å². The van der Waals surface area contributed by atoms with Crippen LogP contribution in [-0.4, -0.2) is 42.9 Å². The zero-order valence-electron chi connectivity index (χ0n) is 19.0. The van der Waals surface area contributed by atoms with Gasteiger partial charge in [0.1, 0.15) is 5.82 Å². The van der Waals surface area contributed by atoms with E-state index >= 15 is 0 Å². The molecule has 0 amide bonds. The molecule has 0 spiro atoms. The van der Waals surface area contributed by atoms with Crippen LogP contribution in [0.1, 0.15) is 36.8 Å². The second kappa shape index (κ2) is 8.12. The summed E-state index contributed by atoms with van der Waals surface area (Å²) in [7, 11) is 0. The molecule has 2 aliphatic rings. The summed E-state index contributed by atoms with van der Waals surface area (Å²) in [5, 5.41) is 18.2. The van der Waals surface area contributed by atoms with E-state index in [1.165, 1.54) is 24.1 Å². The Hall–Kier alpha value is -3.52. The van der Waals surface area contributed by atoms with Gasteiger partial charge in [-0.05, 0) is 54.5 Å². The van der Waals surface area contributed by atoms with Crippen molar-refractivity contribution in [2.45, 2.75) is 45.9 Å². The molecule has 8 nitrogen and oxygen atoms in total. The van der Waals surface area contributed by atoms with Crippen LogP contribution in [0.3, 0.4) is 0 Å². The minimum Gasteiger partial charge on any atom is -0.340 e. The zero-order chi connectivity index (χ0) is 22.4. The highest BCUT2D eigenvalue weighted by atomic mass is 15.5. The Balaban J connectivity index is 1.27. The summed E-state index contributed by atoms with van der Waals surface area (Å²) in [6.07, 6.45) is 3.03. The molecule has 2 aromatic carbocycles. The summed E-state index contributed by atoms with van der Waals surface area (Å²) in [6, 6.07) is 16.9. The number of fused-ring (bicyclic) bond motifs is 1. The van der Waals surface area contributed by atoms with Crippen LogP contribution in [-0.2, 0) is 13.1 Å². The summed E-state index contributed by atoms with van der Waals surface area (Å²) in [5.74, 6) is 3.67. The van der Waals surface area contributed by atoms with Gasteiger partial charge in [-0.2, -0.15) is 5.21 Å². The Morgan fingerprint density at radius 2 is 1.82 bits per heavy atom. The third kappa shape index (κ3) is 3.80. The highest BCUT2D eigenvalue weighted by Crippen LogP contribution is 2.35. The molecule has 2 aromatic heterocycles. The molecule has 1 atom stereocenters. The Bertz CT molecular complexity index is 1250. The van der Waals surface area contributed by atoms with Crippen molar-refractivity contribution in [1.82, 2.24) is 35.5 Å². The lowest BCUT2D eigenvalue weighted by molar-refractivity contribution is 0.464. The molecule has 1 unspecified atom stereocenters. The molecule has 1 aliphatic carbocycles. The molecule has 0 radical (unpaired) electrons. The van der Waals surface area contributed by atoms with E-state index < -0.39 is 0 Å². The summed E-state index contributed by atoms with van der Waals surface area (Å²) >= 11 is 0. The number of H-pyrrole nitrogens is 1. The smallest absolute Gasteiger partial charge is 0.205 e. The second-order valence-corrected chi connectivity index (χ2v) is 9.15. The monoisotopic (exact) mass is 440 g/mol. The van der Waals surface area contributed by atoms with Gasteiger partial charge in [-0.25, -0.2) is 4.98 Å². The van der Waals surface area contributed by atoms with E-state index in [9.17, 15) is 0 Å². The molecule has 1 saturated carbocycles. The van der Waals surface area contributed by atoms with E-state index in [-0.39, 0.29) is 0 Å². The van der Waals surface area contributed by atoms with Crippen molar-refractivity contribution in [2.24, 2.45) is 5.92 Å². The van der Waals surface area contributed by atoms with Gasteiger partial charge in [0.05, 0.1) is 11.9 Å². The number of nitrogens with one attached hydrogen (secondary N) is 2. The molecular weight excluding hydrogens is 412 g/mol. The topological polar surface area (TPSA) is 87.5 Å². The van der Waals surface area contributed by atoms with E-state index in [0.717, 1.165) is 53.9 Å². The van der Waals surface area contributed by atoms with Crippen molar-refractivity contribution >= 4 is 5.82 Å². The van der Waals surface area contributed by atoms with E-state index in [0.29, 0.717) is 12.0 Å². The zero-order valence-corrected chi connectivity index (χ0v) is 19.0. The van der Waals surface area contributed by atoms with Gasteiger partial charge in [0.15, 0.2) is 5.82 Å². The number of anilines is 1. The number of hydrogen-bond acceptors (Lipinski definition) is 6. The predicted molar refractivity (Wildman–Crippen MR) is 127 cm³/mol. The van der Waals surface area contributed by atoms with Crippen LogP contribution < -0.4 is 10.2 Å². The van der Waals surface area contributed by atoms with Crippen LogP contribution in [0.5, 0.6) is 0 Å². The molecule has 6 rings (SSSR count). The van der Waals surface area contributed by atoms with Crippen molar-refractivity contribution in [3.8, 4) is 22.5 Å². The maximum atomic E-state index is 4.99. The highest BCUT2D eigenvalue weighted by Gasteiger charge is 2.33. The number of imidazole rings is 1. The number of aryl methyl sites for hydroxylation is 1. The van der Waals surface area contributed by atoms with Crippen LogP contribution in [0.2, 0.25) is 0 Å². The average Bonchev–Trinajstić information content (AvgIpc) is 3.38. The first-order valence-electron chi connectivity index (χ1n) is 11.7. The van der Waals surface area contributed by atoms with Gasteiger partial charge in [0, 0.05) is 25.2 Å². The molecule has 3 heterocycles. The molecule has 1 aliphatic heterocycles.